The van der Waals surface area contributed by atoms with Gasteiger partial charge in [0, 0.05) is 17.2 Å². The van der Waals surface area contributed by atoms with E-state index in [-0.39, 0.29) is 0 Å². The summed E-state index contributed by atoms with van der Waals surface area (Å²) in [6, 6.07) is 6.06. The Morgan fingerprint density at radius 3 is 2.85 bits per heavy atom. The van der Waals surface area contributed by atoms with Crippen LogP contribution >= 0.6 is 23.3 Å². The predicted molar refractivity (Wildman–Crippen MR) is 78.1 cm³/mol. The SMILES string of the molecule is c1cc2c(cc1Sc1nc(C3CC3)ns1)OCCCO2. The summed E-state index contributed by atoms with van der Waals surface area (Å²) in [6.45, 7) is 1.44. The molecule has 1 aliphatic heterocycles. The molecule has 0 N–H and O–H groups in total. The minimum Gasteiger partial charge on any atom is -0.490 e. The molecule has 1 fully saturated rings. The first kappa shape index (κ1) is 12.5. The molecule has 0 amide bonds. The minimum absolute atomic E-state index is 0.615. The first-order valence-electron chi connectivity index (χ1n) is 6.79. The van der Waals surface area contributed by atoms with Crippen LogP contribution in [0.5, 0.6) is 11.5 Å². The number of benzene rings is 1. The maximum atomic E-state index is 5.71. The van der Waals surface area contributed by atoms with Crippen molar-refractivity contribution in [3.05, 3.63) is 24.0 Å². The second kappa shape index (κ2) is 5.26. The van der Waals surface area contributed by atoms with Crippen molar-refractivity contribution in [1.82, 2.24) is 9.36 Å². The lowest BCUT2D eigenvalue weighted by molar-refractivity contribution is 0.297. The van der Waals surface area contributed by atoms with Gasteiger partial charge in [0.1, 0.15) is 5.82 Å². The number of hydrogen-bond donors (Lipinski definition) is 0. The fourth-order valence-corrected chi connectivity index (χ4v) is 3.77. The van der Waals surface area contributed by atoms with E-state index in [1.165, 1.54) is 24.4 Å². The molecule has 0 bridgehead atoms. The molecule has 0 saturated heterocycles. The van der Waals surface area contributed by atoms with Crippen LogP contribution in [-0.2, 0) is 0 Å². The van der Waals surface area contributed by atoms with Crippen molar-refractivity contribution in [3.8, 4) is 11.5 Å². The van der Waals surface area contributed by atoms with Crippen LogP contribution < -0.4 is 9.47 Å². The first-order valence-corrected chi connectivity index (χ1v) is 8.38. The van der Waals surface area contributed by atoms with Crippen LogP contribution in [0.25, 0.3) is 0 Å². The average molecular weight is 306 g/mol. The van der Waals surface area contributed by atoms with Gasteiger partial charge in [-0.25, -0.2) is 4.98 Å². The molecule has 2 aromatic rings. The molecule has 0 atom stereocenters. The van der Waals surface area contributed by atoms with E-state index in [0.29, 0.717) is 12.5 Å². The van der Waals surface area contributed by atoms with Crippen LogP contribution in [0.4, 0.5) is 0 Å². The second-order valence-electron chi connectivity index (χ2n) is 4.95. The summed E-state index contributed by atoms with van der Waals surface area (Å²) in [5.41, 5.74) is 0. The highest BCUT2D eigenvalue weighted by molar-refractivity contribution is 8.01. The largest absolute Gasteiger partial charge is 0.490 e. The lowest BCUT2D eigenvalue weighted by atomic mass is 10.3. The van der Waals surface area contributed by atoms with Crippen molar-refractivity contribution in [2.24, 2.45) is 0 Å². The van der Waals surface area contributed by atoms with Gasteiger partial charge in [0.2, 0.25) is 0 Å². The van der Waals surface area contributed by atoms with Crippen LogP contribution in [0.15, 0.2) is 27.4 Å². The topological polar surface area (TPSA) is 44.2 Å². The Balaban J connectivity index is 1.54. The molecule has 1 aromatic heterocycles. The minimum atomic E-state index is 0.615. The smallest absolute Gasteiger partial charge is 0.174 e. The second-order valence-corrected chi connectivity index (χ2v) is 7.03. The molecular weight excluding hydrogens is 292 g/mol. The normalized spacial score (nSPS) is 17.8. The third kappa shape index (κ3) is 2.62. The molecule has 2 heterocycles. The molecule has 4 nitrogen and oxygen atoms in total. The number of nitrogens with zero attached hydrogens (tertiary/aromatic N) is 2. The molecule has 4 rings (SSSR count). The fourth-order valence-electron chi connectivity index (χ4n) is 2.08. The zero-order valence-corrected chi connectivity index (χ0v) is 12.5. The Bertz CT molecular complexity index is 625. The zero-order chi connectivity index (χ0) is 13.4. The van der Waals surface area contributed by atoms with Gasteiger partial charge in [-0.2, -0.15) is 4.37 Å². The lowest BCUT2D eigenvalue weighted by Crippen LogP contribution is -1.97. The van der Waals surface area contributed by atoms with Gasteiger partial charge in [-0.1, -0.05) is 11.8 Å². The van der Waals surface area contributed by atoms with Gasteiger partial charge in [0.25, 0.3) is 0 Å². The summed E-state index contributed by atoms with van der Waals surface area (Å²) in [6.07, 6.45) is 3.41. The van der Waals surface area contributed by atoms with Crippen molar-refractivity contribution < 1.29 is 9.47 Å². The van der Waals surface area contributed by atoms with Crippen molar-refractivity contribution in [3.63, 3.8) is 0 Å². The molecule has 1 aliphatic carbocycles. The Morgan fingerprint density at radius 1 is 1.15 bits per heavy atom. The number of ether oxygens (including phenoxy) is 2. The van der Waals surface area contributed by atoms with Gasteiger partial charge in [-0.3, -0.25) is 0 Å². The number of aromatic nitrogens is 2. The molecular formula is C14H14N2O2S2. The molecule has 6 heteroatoms. The molecule has 0 unspecified atom stereocenters. The highest BCUT2D eigenvalue weighted by Crippen LogP contribution is 2.41. The van der Waals surface area contributed by atoms with Gasteiger partial charge >= 0.3 is 0 Å². The molecule has 0 radical (unpaired) electrons. The standard InChI is InChI=1S/C14H14N2O2S2/c1-6-17-11-5-4-10(8-12(11)18-7-1)19-14-15-13(16-20-14)9-2-3-9/h4-5,8-9H,1-3,6-7H2. The Kier molecular flexibility index (Phi) is 3.28. The van der Waals surface area contributed by atoms with Crippen LogP contribution in [-0.4, -0.2) is 22.6 Å². The summed E-state index contributed by atoms with van der Waals surface area (Å²) in [7, 11) is 0. The maximum Gasteiger partial charge on any atom is 0.174 e. The third-order valence-electron chi connectivity index (χ3n) is 3.29. The van der Waals surface area contributed by atoms with E-state index in [9.17, 15) is 0 Å². The summed E-state index contributed by atoms with van der Waals surface area (Å²) < 4.78 is 16.8. The molecule has 0 spiro atoms. The summed E-state index contributed by atoms with van der Waals surface area (Å²) >= 11 is 3.13. The first-order chi connectivity index (χ1) is 9.88. The van der Waals surface area contributed by atoms with Gasteiger partial charge in [-0.05, 0) is 42.6 Å². The molecule has 104 valence electrons. The van der Waals surface area contributed by atoms with Gasteiger partial charge < -0.3 is 9.47 Å². The zero-order valence-electron chi connectivity index (χ0n) is 10.9. The third-order valence-corrected chi connectivity index (χ3v) is 5.04. The summed E-state index contributed by atoms with van der Waals surface area (Å²) in [5.74, 6) is 3.30. The quantitative estimate of drug-likeness (QED) is 0.864. The molecule has 1 saturated carbocycles. The van der Waals surface area contributed by atoms with E-state index in [1.807, 2.05) is 12.1 Å². The van der Waals surface area contributed by atoms with E-state index in [2.05, 4.69) is 15.4 Å². The van der Waals surface area contributed by atoms with Gasteiger partial charge in [0.15, 0.2) is 15.8 Å². The van der Waals surface area contributed by atoms with Gasteiger partial charge in [-0.15, -0.1) is 0 Å². The molecule has 1 aromatic carbocycles. The van der Waals surface area contributed by atoms with E-state index in [4.69, 9.17) is 9.47 Å². The average Bonchev–Trinajstić information content (AvgIpc) is 3.24. The summed E-state index contributed by atoms with van der Waals surface area (Å²) in [4.78, 5) is 5.71. The fraction of sp³-hybridized carbons (Fsp3) is 0.429. The van der Waals surface area contributed by atoms with E-state index >= 15 is 0 Å². The Morgan fingerprint density at radius 2 is 2.00 bits per heavy atom. The number of fused-ring (bicyclic) bond motifs is 1. The highest BCUT2D eigenvalue weighted by atomic mass is 32.2. The maximum absolute atomic E-state index is 5.71. The Hall–Kier alpha value is -1.27. The van der Waals surface area contributed by atoms with Gasteiger partial charge in [0.05, 0.1) is 13.2 Å². The molecule has 2 aliphatic rings. The van der Waals surface area contributed by atoms with Crippen LogP contribution in [0.1, 0.15) is 31.0 Å². The van der Waals surface area contributed by atoms with Crippen molar-refractivity contribution >= 4 is 23.3 Å². The lowest BCUT2D eigenvalue weighted by Gasteiger charge is -2.08. The highest BCUT2D eigenvalue weighted by Gasteiger charge is 2.27. The predicted octanol–water partition coefficient (Wildman–Crippen LogP) is 3.73. The number of rotatable bonds is 3. The van der Waals surface area contributed by atoms with Crippen molar-refractivity contribution in [2.45, 2.75) is 34.4 Å². The monoisotopic (exact) mass is 306 g/mol. The van der Waals surface area contributed by atoms with E-state index in [1.54, 1.807) is 11.8 Å². The summed E-state index contributed by atoms with van der Waals surface area (Å²) in [5, 5.41) is 0. The van der Waals surface area contributed by atoms with Crippen molar-refractivity contribution in [1.29, 1.82) is 0 Å². The number of hydrogen-bond acceptors (Lipinski definition) is 6. The van der Waals surface area contributed by atoms with E-state index < -0.39 is 0 Å². The van der Waals surface area contributed by atoms with Crippen molar-refractivity contribution in [2.75, 3.05) is 13.2 Å². The Labute approximate surface area is 125 Å². The van der Waals surface area contributed by atoms with Crippen LogP contribution in [0, 0.1) is 0 Å². The van der Waals surface area contributed by atoms with Crippen LogP contribution in [0.3, 0.4) is 0 Å². The van der Waals surface area contributed by atoms with Crippen LogP contribution in [0.2, 0.25) is 0 Å². The van der Waals surface area contributed by atoms with E-state index in [0.717, 1.165) is 39.6 Å². The molecule has 20 heavy (non-hydrogen) atoms.